The minimum Gasteiger partial charge on any atom is -0.371 e. The van der Waals surface area contributed by atoms with Crippen LogP contribution < -0.4 is 5.73 Å². The van der Waals surface area contributed by atoms with Gasteiger partial charge in [0.15, 0.2) is 0 Å². The first-order valence-corrected chi connectivity index (χ1v) is 6.05. The molecule has 0 amide bonds. The Balaban J connectivity index is 3.40. The standard InChI is InChI=1S/C8H16F3NO2S/c1-7(12)2-4-15(13)5-3-14-6-8(9,10)11/h7H,2-6,12H2,1H3. The van der Waals surface area contributed by atoms with Gasteiger partial charge in [0.2, 0.25) is 0 Å². The molecule has 0 saturated heterocycles. The molecule has 2 atom stereocenters. The number of hydrogen-bond donors (Lipinski definition) is 1. The van der Waals surface area contributed by atoms with Crippen molar-refractivity contribution in [3.05, 3.63) is 0 Å². The molecule has 0 aliphatic rings. The van der Waals surface area contributed by atoms with E-state index in [2.05, 4.69) is 4.74 Å². The maximum Gasteiger partial charge on any atom is 0.411 e. The van der Waals surface area contributed by atoms with Gasteiger partial charge >= 0.3 is 6.18 Å². The van der Waals surface area contributed by atoms with Crippen LogP contribution in [0.15, 0.2) is 0 Å². The highest BCUT2D eigenvalue weighted by atomic mass is 32.2. The van der Waals surface area contributed by atoms with E-state index >= 15 is 0 Å². The molecule has 0 aromatic carbocycles. The zero-order valence-corrected chi connectivity index (χ0v) is 9.37. The Morgan fingerprint density at radius 3 is 2.47 bits per heavy atom. The van der Waals surface area contributed by atoms with E-state index < -0.39 is 23.6 Å². The van der Waals surface area contributed by atoms with Gasteiger partial charge in [-0.15, -0.1) is 0 Å². The third-order valence-electron chi connectivity index (χ3n) is 1.52. The van der Waals surface area contributed by atoms with Crippen LogP contribution in [-0.2, 0) is 15.5 Å². The Morgan fingerprint density at radius 2 is 2.00 bits per heavy atom. The maximum absolute atomic E-state index is 11.6. The molecular weight excluding hydrogens is 231 g/mol. The van der Waals surface area contributed by atoms with Crippen molar-refractivity contribution in [3.63, 3.8) is 0 Å². The monoisotopic (exact) mass is 247 g/mol. The highest BCUT2D eigenvalue weighted by Crippen LogP contribution is 2.14. The van der Waals surface area contributed by atoms with Gasteiger partial charge in [-0.2, -0.15) is 13.2 Å². The van der Waals surface area contributed by atoms with Gasteiger partial charge in [-0.25, -0.2) is 0 Å². The maximum atomic E-state index is 11.6. The molecule has 0 fully saturated rings. The zero-order valence-electron chi connectivity index (χ0n) is 8.55. The van der Waals surface area contributed by atoms with E-state index in [1.807, 2.05) is 0 Å². The third-order valence-corrected chi connectivity index (χ3v) is 2.83. The lowest BCUT2D eigenvalue weighted by molar-refractivity contribution is -0.172. The van der Waals surface area contributed by atoms with Crippen LogP contribution in [-0.4, -0.2) is 41.1 Å². The SMILES string of the molecule is CC(N)CCS(=O)CCOCC(F)(F)F. The van der Waals surface area contributed by atoms with Crippen molar-refractivity contribution >= 4 is 10.8 Å². The van der Waals surface area contributed by atoms with Crippen molar-refractivity contribution in [2.24, 2.45) is 5.73 Å². The van der Waals surface area contributed by atoms with E-state index in [9.17, 15) is 17.4 Å². The fraction of sp³-hybridized carbons (Fsp3) is 1.00. The molecule has 0 aliphatic carbocycles. The predicted octanol–water partition coefficient (Wildman–Crippen LogP) is 1.05. The zero-order chi connectivity index (χ0) is 11.9. The minimum absolute atomic E-state index is 0.0370. The molecule has 0 saturated carbocycles. The molecule has 0 bridgehead atoms. The molecule has 3 nitrogen and oxygen atoms in total. The van der Waals surface area contributed by atoms with Crippen molar-refractivity contribution in [2.75, 3.05) is 24.7 Å². The molecule has 15 heavy (non-hydrogen) atoms. The topological polar surface area (TPSA) is 52.3 Å². The van der Waals surface area contributed by atoms with Crippen molar-refractivity contribution in [1.82, 2.24) is 0 Å². The molecule has 2 unspecified atom stereocenters. The quantitative estimate of drug-likeness (QED) is 0.684. The first-order valence-electron chi connectivity index (χ1n) is 4.56. The van der Waals surface area contributed by atoms with E-state index in [4.69, 9.17) is 5.73 Å². The van der Waals surface area contributed by atoms with Crippen LogP contribution in [0.4, 0.5) is 13.2 Å². The minimum atomic E-state index is -4.31. The first-order chi connectivity index (χ1) is 6.81. The summed E-state index contributed by atoms with van der Waals surface area (Å²) < 4.78 is 50.3. The second kappa shape index (κ2) is 7.19. The lowest BCUT2D eigenvalue weighted by Gasteiger charge is -2.08. The third kappa shape index (κ3) is 11.8. The highest BCUT2D eigenvalue weighted by molar-refractivity contribution is 7.84. The number of nitrogens with two attached hydrogens (primary N) is 1. The Morgan fingerprint density at radius 1 is 1.40 bits per heavy atom. The number of halogens is 3. The summed E-state index contributed by atoms with van der Waals surface area (Å²) in [7, 11) is -1.14. The molecule has 0 spiro atoms. The summed E-state index contributed by atoms with van der Waals surface area (Å²) in [4.78, 5) is 0. The molecular formula is C8H16F3NO2S. The van der Waals surface area contributed by atoms with Gasteiger partial charge < -0.3 is 10.5 Å². The van der Waals surface area contributed by atoms with Gasteiger partial charge in [-0.05, 0) is 13.3 Å². The molecule has 92 valence electrons. The smallest absolute Gasteiger partial charge is 0.371 e. The molecule has 0 radical (unpaired) electrons. The van der Waals surface area contributed by atoms with Crippen LogP contribution in [0.1, 0.15) is 13.3 Å². The Bertz CT molecular complexity index is 197. The summed E-state index contributed by atoms with van der Waals surface area (Å²) in [6, 6.07) is -0.0370. The van der Waals surface area contributed by atoms with Crippen LogP contribution in [0, 0.1) is 0 Å². The van der Waals surface area contributed by atoms with E-state index in [0.29, 0.717) is 12.2 Å². The molecule has 0 rings (SSSR count). The molecule has 7 heteroatoms. The lowest BCUT2D eigenvalue weighted by atomic mass is 10.3. The Labute approximate surface area is 89.6 Å². The van der Waals surface area contributed by atoms with Crippen molar-refractivity contribution in [3.8, 4) is 0 Å². The number of alkyl halides is 3. The van der Waals surface area contributed by atoms with Crippen LogP contribution in [0.5, 0.6) is 0 Å². The molecule has 0 aromatic heterocycles. The van der Waals surface area contributed by atoms with Crippen LogP contribution in [0.3, 0.4) is 0 Å². The number of hydrogen-bond acceptors (Lipinski definition) is 3. The van der Waals surface area contributed by atoms with Gasteiger partial charge in [-0.1, -0.05) is 0 Å². The summed E-state index contributed by atoms with van der Waals surface area (Å²) in [6.07, 6.45) is -3.71. The number of rotatable bonds is 7. The van der Waals surface area contributed by atoms with Crippen LogP contribution in [0.2, 0.25) is 0 Å². The molecule has 0 heterocycles. The average Bonchev–Trinajstić information content (AvgIpc) is 2.07. The van der Waals surface area contributed by atoms with Gasteiger partial charge in [0.25, 0.3) is 0 Å². The highest BCUT2D eigenvalue weighted by Gasteiger charge is 2.27. The van der Waals surface area contributed by atoms with Gasteiger partial charge in [0, 0.05) is 28.3 Å². The summed E-state index contributed by atoms with van der Waals surface area (Å²) in [5.74, 6) is 0.538. The second-order valence-corrected chi connectivity index (χ2v) is 4.98. The van der Waals surface area contributed by atoms with Crippen molar-refractivity contribution in [2.45, 2.75) is 25.6 Å². The van der Waals surface area contributed by atoms with Gasteiger partial charge in [-0.3, -0.25) is 4.21 Å². The van der Waals surface area contributed by atoms with Gasteiger partial charge in [0.1, 0.15) is 6.61 Å². The average molecular weight is 247 g/mol. The van der Waals surface area contributed by atoms with Crippen molar-refractivity contribution in [1.29, 1.82) is 0 Å². The Kier molecular flexibility index (Phi) is 7.12. The predicted molar refractivity (Wildman–Crippen MR) is 53.0 cm³/mol. The fourth-order valence-electron chi connectivity index (χ4n) is 0.759. The van der Waals surface area contributed by atoms with E-state index in [-0.39, 0.29) is 18.4 Å². The largest absolute Gasteiger partial charge is 0.411 e. The summed E-state index contributed by atoms with van der Waals surface area (Å²) in [5.41, 5.74) is 5.44. The summed E-state index contributed by atoms with van der Waals surface area (Å²) in [6.45, 7) is 0.375. The van der Waals surface area contributed by atoms with Gasteiger partial charge in [0.05, 0.1) is 6.61 Å². The molecule has 0 aliphatic heterocycles. The normalized spacial score (nSPS) is 16.3. The van der Waals surface area contributed by atoms with E-state index in [0.717, 1.165) is 0 Å². The molecule has 0 aromatic rings. The fourth-order valence-corrected chi connectivity index (χ4v) is 1.90. The van der Waals surface area contributed by atoms with Crippen molar-refractivity contribution < 1.29 is 22.1 Å². The first kappa shape index (κ1) is 14.9. The second-order valence-electron chi connectivity index (χ2n) is 3.28. The summed E-state index contributed by atoms with van der Waals surface area (Å²) in [5, 5.41) is 0. The van der Waals surface area contributed by atoms with E-state index in [1.54, 1.807) is 6.92 Å². The molecule has 2 N–H and O–H groups in total. The van der Waals surface area contributed by atoms with Crippen LogP contribution in [0.25, 0.3) is 0 Å². The summed E-state index contributed by atoms with van der Waals surface area (Å²) >= 11 is 0. The Hall–Kier alpha value is -0.140. The van der Waals surface area contributed by atoms with E-state index in [1.165, 1.54) is 0 Å². The number of ether oxygens (including phenoxy) is 1. The van der Waals surface area contributed by atoms with Crippen LogP contribution >= 0.6 is 0 Å². The lowest BCUT2D eigenvalue weighted by Crippen LogP contribution is -2.21.